The molecule has 0 aliphatic rings. The molecule has 0 atom stereocenters. The third-order valence-electron chi connectivity index (χ3n) is 3.23. The molecule has 7 nitrogen and oxygen atoms in total. The van der Waals surface area contributed by atoms with Crippen LogP contribution in [0.4, 0.5) is 11.4 Å². The van der Waals surface area contributed by atoms with Crippen molar-refractivity contribution in [2.24, 2.45) is 0 Å². The largest absolute Gasteiger partial charge is 0.495 e. The Morgan fingerprint density at radius 3 is 2.50 bits per heavy atom. The molecule has 2 aromatic rings. The molecule has 0 fully saturated rings. The summed E-state index contributed by atoms with van der Waals surface area (Å²) in [4.78, 5) is 22.1. The molecule has 0 aliphatic heterocycles. The number of nitrogens with one attached hydrogen (secondary N) is 2. The van der Waals surface area contributed by atoms with Crippen molar-refractivity contribution in [3.05, 3.63) is 63.2 Å². The molecule has 126 valence electrons. The van der Waals surface area contributed by atoms with Gasteiger partial charge in [0.15, 0.2) is 0 Å². The predicted molar refractivity (Wildman–Crippen MR) is 91.9 cm³/mol. The Hall–Kier alpha value is -2.80. The van der Waals surface area contributed by atoms with Crippen molar-refractivity contribution in [3.8, 4) is 5.75 Å². The van der Waals surface area contributed by atoms with Gasteiger partial charge in [0, 0.05) is 36.5 Å². The van der Waals surface area contributed by atoms with Gasteiger partial charge in [-0.3, -0.25) is 14.9 Å². The topological polar surface area (TPSA) is 93.5 Å². The second-order valence-electron chi connectivity index (χ2n) is 4.84. The number of hydrogen-bond acceptors (Lipinski definition) is 5. The van der Waals surface area contributed by atoms with Gasteiger partial charge in [-0.2, -0.15) is 0 Å². The van der Waals surface area contributed by atoms with E-state index in [-0.39, 0.29) is 11.6 Å². The third-order valence-corrected chi connectivity index (χ3v) is 3.53. The Bertz CT molecular complexity index is 735. The first-order valence-electron chi connectivity index (χ1n) is 7.11. The van der Waals surface area contributed by atoms with Crippen molar-refractivity contribution < 1.29 is 14.5 Å². The maximum atomic E-state index is 12.0. The SMILES string of the molecule is COc1ccc(C(=O)NCCNc2ccc([N+](=O)[O-])cc2)cc1Cl. The van der Waals surface area contributed by atoms with E-state index in [2.05, 4.69) is 10.6 Å². The number of nitrogens with zero attached hydrogens (tertiary/aromatic N) is 1. The highest BCUT2D eigenvalue weighted by atomic mass is 35.5. The highest BCUT2D eigenvalue weighted by Gasteiger charge is 2.08. The Labute approximate surface area is 143 Å². The van der Waals surface area contributed by atoms with Crippen LogP contribution in [0.1, 0.15) is 10.4 Å². The predicted octanol–water partition coefficient (Wildman–Crippen LogP) is 3.10. The molecule has 0 spiro atoms. The summed E-state index contributed by atoms with van der Waals surface area (Å²) in [5.74, 6) is 0.262. The molecule has 0 aromatic heterocycles. The van der Waals surface area contributed by atoms with E-state index in [0.29, 0.717) is 29.4 Å². The Morgan fingerprint density at radius 1 is 1.21 bits per heavy atom. The Kier molecular flexibility index (Phi) is 5.97. The van der Waals surface area contributed by atoms with Crippen LogP contribution in [0.3, 0.4) is 0 Å². The zero-order chi connectivity index (χ0) is 17.5. The van der Waals surface area contributed by atoms with Crippen LogP contribution in [-0.2, 0) is 0 Å². The molecule has 0 radical (unpaired) electrons. The van der Waals surface area contributed by atoms with Crippen molar-refractivity contribution >= 4 is 28.9 Å². The molecule has 1 amide bonds. The zero-order valence-corrected chi connectivity index (χ0v) is 13.7. The van der Waals surface area contributed by atoms with Crippen molar-refractivity contribution in [2.75, 3.05) is 25.5 Å². The first-order chi connectivity index (χ1) is 11.5. The van der Waals surface area contributed by atoms with E-state index in [9.17, 15) is 14.9 Å². The maximum absolute atomic E-state index is 12.0. The number of benzene rings is 2. The summed E-state index contributed by atoms with van der Waals surface area (Å²) in [6.45, 7) is 0.868. The molecular weight excluding hydrogens is 334 g/mol. The van der Waals surface area contributed by atoms with E-state index in [0.717, 1.165) is 5.69 Å². The van der Waals surface area contributed by atoms with Gasteiger partial charge >= 0.3 is 0 Å². The molecule has 0 bridgehead atoms. The summed E-state index contributed by atoms with van der Waals surface area (Å²) >= 11 is 5.98. The van der Waals surface area contributed by atoms with E-state index in [1.807, 2.05) is 0 Å². The van der Waals surface area contributed by atoms with Gasteiger partial charge in [-0.1, -0.05) is 11.6 Å². The average Bonchev–Trinajstić information content (AvgIpc) is 2.58. The van der Waals surface area contributed by atoms with Gasteiger partial charge in [0.05, 0.1) is 17.1 Å². The monoisotopic (exact) mass is 349 g/mol. The zero-order valence-electron chi connectivity index (χ0n) is 12.9. The van der Waals surface area contributed by atoms with Crippen LogP contribution in [0.25, 0.3) is 0 Å². The number of ether oxygens (including phenoxy) is 1. The van der Waals surface area contributed by atoms with E-state index < -0.39 is 4.92 Å². The number of nitro groups is 1. The van der Waals surface area contributed by atoms with Crippen LogP contribution in [0.2, 0.25) is 5.02 Å². The fourth-order valence-electron chi connectivity index (χ4n) is 1.99. The number of rotatable bonds is 7. The van der Waals surface area contributed by atoms with Gasteiger partial charge in [-0.15, -0.1) is 0 Å². The summed E-state index contributed by atoms with van der Waals surface area (Å²) in [6, 6.07) is 10.9. The van der Waals surface area contributed by atoms with Crippen LogP contribution >= 0.6 is 11.6 Å². The molecule has 0 saturated heterocycles. The van der Waals surface area contributed by atoms with Crippen molar-refractivity contribution in [3.63, 3.8) is 0 Å². The van der Waals surface area contributed by atoms with Crippen LogP contribution in [0, 0.1) is 10.1 Å². The molecule has 2 rings (SSSR count). The molecule has 0 heterocycles. The second-order valence-corrected chi connectivity index (χ2v) is 5.24. The quantitative estimate of drug-likeness (QED) is 0.455. The van der Waals surface area contributed by atoms with Crippen molar-refractivity contribution in [2.45, 2.75) is 0 Å². The van der Waals surface area contributed by atoms with Gasteiger partial charge in [0.2, 0.25) is 0 Å². The lowest BCUT2D eigenvalue weighted by Crippen LogP contribution is -2.28. The number of halogens is 1. The number of anilines is 1. The van der Waals surface area contributed by atoms with Crippen LogP contribution in [0.5, 0.6) is 5.75 Å². The van der Waals surface area contributed by atoms with Crippen LogP contribution < -0.4 is 15.4 Å². The third kappa shape index (κ3) is 4.60. The molecule has 2 N–H and O–H groups in total. The minimum atomic E-state index is -0.454. The van der Waals surface area contributed by atoms with Crippen molar-refractivity contribution in [1.29, 1.82) is 0 Å². The summed E-state index contributed by atoms with van der Waals surface area (Å²) in [5.41, 5.74) is 1.21. The van der Waals surface area contributed by atoms with Crippen molar-refractivity contribution in [1.82, 2.24) is 5.32 Å². The summed E-state index contributed by atoms with van der Waals surface area (Å²) in [7, 11) is 1.50. The van der Waals surface area contributed by atoms with E-state index in [1.54, 1.807) is 30.3 Å². The van der Waals surface area contributed by atoms with Gasteiger partial charge in [-0.05, 0) is 30.3 Å². The minimum absolute atomic E-state index is 0.0326. The Balaban J connectivity index is 1.80. The van der Waals surface area contributed by atoms with E-state index in [1.165, 1.54) is 19.2 Å². The summed E-state index contributed by atoms with van der Waals surface area (Å²) < 4.78 is 5.03. The summed E-state index contributed by atoms with van der Waals surface area (Å²) in [6.07, 6.45) is 0. The van der Waals surface area contributed by atoms with Gasteiger partial charge in [0.1, 0.15) is 5.75 Å². The fraction of sp³-hybridized carbons (Fsp3) is 0.188. The number of methoxy groups -OCH3 is 1. The maximum Gasteiger partial charge on any atom is 0.269 e. The number of hydrogen-bond donors (Lipinski definition) is 2. The number of carbonyl (C=O) groups excluding carboxylic acids is 1. The fourth-order valence-corrected chi connectivity index (χ4v) is 2.25. The minimum Gasteiger partial charge on any atom is -0.495 e. The Morgan fingerprint density at radius 2 is 1.92 bits per heavy atom. The molecule has 0 unspecified atom stereocenters. The average molecular weight is 350 g/mol. The number of non-ortho nitro benzene ring substituents is 1. The normalized spacial score (nSPS) is 10.1. The second kappa shape index (κ2) is 8.16. The van der Waals surface area contributed by atoms with Crippen LogP contribution in [-0.4, -0.2) is 31.0 Å². The lowest BCUT2D eigenvalue weighted by Gasteiger charge is -2.09. The molecule has 2 aromatic carbocycles. The lowest BCUT2D eigenvalue weighted by molar-refractivity contribution is -0.384. The smallest absolute Gasteiger partial charge is 0.269 e. The molecular formula is C16H16ClN3O4. The number of carbonyl (C=O) groups is 1. The number of nitro benzene ring substituents is 1. The number of amides is 1. The first kappa shape index (κ1) is 17.6. The van der Waals surface area contributed by atoms with Crippen LogP contribution in [0.15, 0.2) is 42.5 Å². The van der Waals surface area contributed by atoms with E-state index in [4.69, 9.17) is 16.3 Å². The van der Waals surface area contributed by atoms with Gasteiger partial charge < -0.3 is 15.4 Å². The highest BCUT2D eigenvalue weighted by molar-refractivity contribution is 6.32. The molecule has 24 heavy (non-hydrogen) atoms. The van der Waals surface area contributed by atoms with Gasteiger partial charge in [0.25, 0.3) is 11.6 Å². The summed E-state index contributed by atoms with van der Waals surface area (Å²) in [5, 5.41) is 16.8. The van der Waals surface area contributed by atoms with E-state index >= 15 is 0 Å². The van der Waals surface area contributed by atoms with Gasteiger partial charge in [-0.25, -0.2) is 0 Å². The lowest BCUT2D eigenvalue weighted by atomic mass is 10.2. The standard InChI is InChI=1S/C16H16ClN3O4/c1-24-15-7-2-11(10-14(15)17)16(21)19-9-8-18-12-3-5-13(6-4-12)20(22)23/h2-7,10,18H,8-9H2,1H3,(H,19,21). The molecule has 0 aliphatic carbocycles. The first-order valence-corrected chi connectivity index (χ1v) is 7.49. The highest BCUT2D eigenvalue weighted by Crippen LogP contribution is 2.24. The molecule has 0 saturated carbocycles. The molecule has 8 heteroatoms.